The van der Waals surface area contributed by atoms with Gasteiger partial charge >= 0.3 is 0 Å². The molecule has 0 aliphatic rings. The van der Waals surface area contributed by atoms with Crippen LogP contribution in [0.5, 0.6) is 0 Å². The number of nitrogens with one attached hydrogen (secondary N) is 2. The molecule has 16 heavy (non-hydrogen) atoms. The molecule has 0 spiro atoms. The van der Waals surface area contributed by atoms with E-state index in [9.17, 15) is 8.42 Å². The van der Waals surface area contributed by atoms with Crippen molar-refractivity contribution < 1.29 is 12.8 Å². The van der Waals surface area contributed by atoms with Gasteiger partial charge in [-0.05, 0) is 26.0 Å². The lowest BCUT2D eigenvalue weighted by Gasteiger charge is -2.25. The fourth-order valence-electron chi connectivity index (χ4n) is 1.45. The zero-order chi connectivity index (χ0) is 12.2. The van der Waals surface area contributed by atoms with Crippen LogP contribution < -0.4 is 10.0 Å². The molecule has 0 fully saturated rings. The molecule has 0 aliphatic carbocycles. The Bertz CT molecular complexity index is 409. The molecular formula is C10H18N2O3S. The van der Waals surface area contributed by atoms with E-state index >= 15 is 0 Å². The van der Waals surface area contributed by atoms with E-state index in [1.54, 1.807) is 6.26 Å². The average Bonchev–Trinajstić information content (AvgIpc) is 2.51. The summed E-state index contributed by atoms with van der Waals surface area (Å²) in [7, 11) is -3.18. The van der Waals surface area contributed by atoms with Crippen molar-refractivity contribution in [2.45, 2.75) is 25.9 Å². The Morgan fingerprint density at radius 3 is 2.62 bits per heavy atom. The first-order valence-electron chi connectivity index (χ1n) is 5.01. The first kappa shape index (κ1) is 13.2. The zero-order valence-electron chi connectivity index (χ0n) is 9.78. The molecule has 6 heteroatoms. The lowest BCUT2D eigenvalue weighted by Crippen LogP contribution is -2.49. The van der Waals surface area contributed by atoms with Crippen LogP contribution in [0.2, 0.25) is 0 Å². The van der Waals surface area contributed by atoms with Crippen LogP contribution in [0.4, 0.5) is 0 Å². The third-order valence-electron chi connectivity index (χ3n) is 1.91. The second kappa shape index (κ2) is 4.99. The Balaban J connectivity index is 2.36. The SMILES string of the molecule is CC(C)(CNCc1ccco1)NS(C)(=O)=O. The predicted octanol–water partition coefficient (Wildman–Crippen LogP) is 0.697. The van der Waals surface area contributed by atoms with E-state index in [1.807, 2.05) is 26.0 Å². The van der Waals surface area contributed by atoms with Crippen molar-refractivity contribution in [3.8, 4) is 0 Å². The molecule has 1 rings (SSSR count). The molecule has 2 N–H and O–H groups in total. The van der Waals surface area contributed by atoms with Gasteiger partial charge in [0.25, 0.3) is 0 Å². The highest BCUT2D eigenvalue weighted by atomic mass is 32.2. The van der Waals surface area contributed by atoms with E-state index in [1.165, 1.54) is 0 Å². The summed E-state index contributed by atoms with van der Waals surface area (Å²) in [6, 6.07) is 3.68. The molecule has 0 saturated carbocycles. The molecule has 0 bridgehead atoms. The topological polar surface area (TPSA) is 71.3 Å². The summed E-state index contributed by atoms with van der Waals surface area (Å²) in [5.74, 6) is 0.829. The van der Waals surface area contributed by atoms with Gasteiger partial charge in [0.15, 0.2) is 0 Å². The Morgan fingerprint density at radius 2 is 2.12 bits per heavy atom. The van der Waals surface area contributed by atoms with Gasteiger partial charge < -0.3 is 9.73 Å². The van der Waals surface area contributed by atoms with Crippen molar-refractivity contribution in [1.82, 2.24) is 10.0 Å². The average molecular weight is 246 g/mol. The van der Waals surface area contributed by atoms with Crippen molar-refractivity contribution in [2.24, 2.45) is 0 Å². The van der Waals surface area contributed by atoms with E-state index in [4.69, 9.17) is 4.42 Å². The largest absolute Gasteiger partial charge is 0.468 e. The molecule has 1 aromatic heterocycles. The summed E-state index contributed by atoms with van der Waals surface area (Å²) in [5.41, 5.74) is -0.514. The molecule has 1 aromatic rings. The highest BCUT2D eigenvalue weighted by Gasteiger charge is 2.21. The van der Waals surface area contributed by atoms with Crippen LogP contribution in [0.3, 0.4) is 0 Å². The van der Waals surface area contributed by atoms with Gasteiger partial charge in [0.1, 0.15) is 5.76 Å². The van der Waals surface area contributed by atoms with Crippen molar-refractivity contribution in [3.63, 3.8) is 0 Å². The maximum absolute atomic E-state index is 11.1. The van der Waals surface area contributed by atoms with E-state index in [2.05, 4.69) is 10.0 Å². The van der Waals surface area contributed by atoms with Gasteiger partial charge in [-0.25, -0.2) is 13.1 Å². The van der Waals surface area contributed by atoms with Crippen LogP contribution in [0.1, 0.15) is 19.6 Å². The lowest BCUT2D eigenvalue weighted by molar-refractivity contribution is 0.403. The van der Waals surface area contributed by atoms with Gasteiger partial charge in [-0.1, -0.05) is 0 Å². The summed E-state index contributed by atoms with van der Waals surface area (Å²) < 4.78 is 29.9. The first-order chi connectivity index (χ1) is 7.29. The van der Waals surface area contributed by atoms with Crippen molar-refractivity contribution >= 4 is 10.0 Å². The quantitative estimate of drug-likeness (QED) is 0.775. The predicted molar refractivity (Wildman–Crippen MR) is 62.5 cm³/mol. The molecule has 0 aromatic carbocycles. The van der Waals surface area contributed by atoms with Crippen LogP contribution in [0.25, 0.3) is 0 Å². The highest BCUT2D eigenvalue weighted by molar-refractivity contribution is 7.88. The van der Waals surface area contributed by atoms with Crippen molar-refractivity contribution in [3.05, 3.63) is 24.2 Å². The number of rotatable bonds is 6. The fraction of sp³-hybridized carbons (Fsp3) is 0.600. The Morgan fingerprint density at radius 1 is 1.44 bits per heavy atom. The van der Waals surface area contributed by atoms with E-state index in [0.717, 1.165) is 12.0 Å². The second-order valence-electron chi connectivity index (χ2n) is 4.44. The summed E-state index contributed by atoms with van der Waals surface area (Å²) in [4.78, 5) is 0. The molecule has 0 amide bonds. The van der Waals surface area contributed by atoms with Crippen LogP contribution >= 0.6 is 0 Å². The van der Waals surface area contributed by atoms with Crippen LogP contribution in [-0.2, 0) is 16.6 Å². The molecule has 0 aliphatic heterocycles. The molecule has 0 radical (unpaired) electrons. The molecule has 0 saturated heterocycles. The van der Waals surface area contributed by atoms with Gasteiger partial charge in [-0.3, -0.25) is 0 Å². The van der Waals surface area contributed by atoms with Gasteiger partial charge in [0, 0.05) is 12.1 Å². The summed E-state index contributed by atoms with van der Waals surface area (Å²) in [6.45, 7) is 4.76. The maximum atomic E-state index is 11.1. The number of hydrogen-bond donors (Lipinski definition) is 2. The molecule has 1 heterocycles. The Kier molecular flexibility index (Phi) is 4.12. The van der Waals surface area contributed by atoms with Gasteiger partial charge in [0.05, 0.1) is 19.1 Å². The Hall–Kier alpha value is -0.850. The summed E-state index contributed by atoms with van der Waals surface area (Å²) in [5, 5.41) is 3.13. The first-order valence-corrected chi connectivity index (χ1v) is 6.90. The third-order valence-corrected chi connectivity index (χ3v) is 2.83. The van der Waals surface area contributed by atoms with Crippen LogP contribution in [0, 0.1) is 0 Å². The van der Waals surface area contributed by atoms with Gasteiger partial charge in [-0.2, -0.15) is 0 Å². The molecule has 0 atom stereocenters. The summed E-state index contributed by atoms with van der Waals surface area (Å²) >= 11 is 0. The van der Waals surface area contributed by atoms with Gasteiger partial charge in [-0.15, -0.1) is 0 Å². The van der Waals surface area contributed by atoms with Crippen molar-refractivity contribution in [2.75, 3.05) is 12.8 Å². The molecule has 92 valence electrons. The second-order valence-corrected chi connectivity index (χ2v) is 6.19. The third kappa shape index (κ3) is 5.29. The fourth-order valence-corrected chi connectivity index (χ4v) is 2.53. The van der Waals surface area contributed by atoms with Crippen LogP contribution in [-0.4, -0.2) is 26.8 Å². The molecule has 5 nitrogen and oxygen atoms in total. The number of sulfonamides is 1. The smallest absolute Gasteiger partial charge is 0.209 e. The number of hydrogen-bond acceptors (Lipinski definition) is 4. The normalized spacial score (nSPS) is 12.9. The summed E-state index contributed by atoms with van der Waals surface area (Å²) in [6.07, 6.45) is 2.76. The standard InChI is InChI=1S/C10H18N2O3S/c1-10(2,12-16(3,13)14)8-11-7-9-5-4-6-15-9/h4-6,11-12H,7-8H2,1-3H3. The minimum atomic E-state index is -3.18. The monoisotopic (exact) mass is 246 g/mol. The minimum Gasteiger partial charge on any atom is -0.468 e. The lowest BCUT2D eigenvalue weighted by atomic mass is 10.1. The molecular weight excluding hydrogens is 228 g/mol. The minimum absolute atomic E-state index is 0.514. The van der Waals surface area contributed by atoms with E-state index in [0.29, 0.717) is 13.1 Å². The molecule has 0 unspecified atom stereocenters. The number of furan rings is 1. The van der Waals surface area contributed by atoms with E-state index < -0.39 is 15.6 Å². The van der Waals surface area contributed by atoms with Crippen molar-refractivity contribution in [1.29, 1.82) is 0 Å². The maximum Gasteiger partial charge on any atom is 0.209 e. The van der Waals surface area contributed by atoms with Crippen LogP contribution in [0.15, 0.2) is 22.8 Å². The Labute approximate surface area is 96.3 Å². The van der Waals surface area contributed by atoms with Gasteiger partial charge in [0.2, 0.25) is 10.0 Å². The zero-order valence-corrected chi connectivity index (χ0v) is 10.6. The van der Waals surface area contributed by atoms with E-state index in [-0.39, 0.29) is 0 Å². The highest BCUT2D eigenvalue weighted by Crippen LogP contribution is 2.04.